The number of hydrogen-bond acceptors (Lipinski definition) is 12. The Kier molecular flexibility index (Phi) is 14.1. The van der Waals surface area contributed by atoms with E-state index in [1.807, 2.05) is 63.3 Å². The number of pyridine rings is 2. The summed E-state index contributed by atoms with van der Waals surface area (Å²) in [5.41, 5.74) is 0.131. The van der Waals surface area contributed by atoms with Gasteiger partial charge in [-0.05, 0) is 96.3 Å². The van der Waals surface area contributed by atoms with Crippen LogP contribution in [-0.4, -0.2) is 88.1 Å². The minimum Gasteiger partial charge on any atom is -0.487 e. The largest absolute Gasteiger partial charge is 0.487 e. The maximum atomic E-state index is 13.2. The van der Waals surface area contributed by atoms with Crippen molar-refractivity contribution in [3.8, 4) is 11.6 Å². The van der Waals surface area contributed by atoms with Crippen molar-refractivity contribution in [1.29, 1.82) is 0 Å². The molecular weight excluding hydrogens is 757 g/mol. The Morgan fingerprint density at radius 1 is 0.949 bits per heavy atom. The van der Waals surface area contributed by atoms with Crippen molar-refractivity contribution in [2.24, 2.45) is 11.3 Å². The summed E-state index contributed by atoms with van der Waals surface area (Å²) < 4.78 is 35.0. The minimum absolute atomic E-state index is 0.0780. The van der Waals surface area contributed by atoms with E-state index in [1.165, 1.54) is 12.0 Å². The number of nitrogens with one attached hydrogen (secondary N) is 1. The third kappa shape index (κ3) is 12.8. The monoisotopic (exact) mass is 816 g/mol. The molecule has 1 aliphatic heterocycles. The first-order valence-corrected chi connectivity index (χ1v) is 20.3. The number of aromatic nitrogens is 2. The van der Waals surface area contributed by atoms with Crippen LogP contribution in [0.5, 0.6) is 11.6 Å². The van der Waals surface area contributed by atoms with Gasteiger partial charge in [0.25, 0.3) is 0 Å². The van der Waals surface area contributed by atoms with E-state index in [0.717, 1.165) is 24.8 Å². The fourth-order valence-electron chi connectivity index (χ4n) is 6.76. The quantitative estimate of drug-likeness (QED) is 0.0944. The summed E-state index contributed by atoms with van der Waals surface area (Å²) in [4.78, 5) is 62.4. The fraction of sp³-hybridized carbons (Fsp3) is 0.556. The molecule has 2 fully saturated rings. The SMILES string of the molecule is COC(=O)[C@@H]1C[C@@H](Oc2nc3ccncc3c(OCc3ccccc3)c2/C=C/CCC[C@@H]2C[C@H]2OC(=O)N[C@H](C(=O)OC(C)(C)C)C(C)(C)C)CN1C(=O)OC(C)(C)C. The van der Waals surface area contributed by atoms with Crippen molar-refractivity contribution in [1.82, 2.24) is 20.2 Å². The molecule has 1 saturated carbocycles. The second-order valence-corrected chi connectivity index (χ2v) is 18.2. The van der Waals surface area contributed by atoms with Crippen LogP contribution in [0.25, 0.3) is 17.0 Å². The van der Waals surface area contributed by atoms with Crippen LogP contribution >= 0.6 is 0 Å². The number of allylic oxidation sites excluding steroid dienone is 1. The number of unbranched alkanes of at least 4 members (excludes halogenated alkanes) is 1. The highest BCUT2D eigenvalue weighted by Gasteiger charge is 2.44. The highest BCUT2D eigenvalue weighted by atomic mass is 16.6. The summed E-state index contributed by atoms with van der Waals surface area (Å²) in [5, 5.41) is 3.43. The zero-order chi connectivity index (χ0) is 43.1. The first kappa shape index (κ1) is 44.7. The average molecular weight is 817 g/mol. The Bertz CT molecular complexity index is 1980. The molecule has 320 valence electrons. The number of benzene rings is 1. The highest BCUT2D eigenvalue weighted by Crippen LogP contribution is 2.40. The molecule has 14 nitrogen and oxygen atoms in total. The molecule has 3 aromatic rings. The van der Waals surface area contributed by atoms with Crippen LogP contribution in [0.1, 0.15) is 106 Å². The maximum absolute atomic E-state index is 13.2. The summed E-state index contributed by atoms with van der Waals surface area (Å²) in [7, 11) is 1.28. The predicted octanol–water partition coefficient (Wildman–Crippen LogP) is 8.19. The van der Waals surface area contributed by atoms with E-state index >= 15 is 0 Å². The van der Waals surface area contributed by atoms with E-state index in [-0.39, 0.29) is 37.5 Å². The van der Waals surface area contributed by atoms with E-state index < -0.39 is 58.9 Å². The molecule has 5 atom stereocenters. The second kappa shape index (κ2) is 18.7. The van der Waals surface area contributed by atoms with Crippen LogP contribution in [-0.2, 0) is 35.1 Å². The molecule has 2 aromatic heterocycles. The van der Waals surface area contributed by atoms with Crippen LogP contribution < -0.4 is 14.8 Å². The Balaban J connectivity index is 1.30. The van der Waals surface area contributed by atoms with Crippen LogP contribution in [0, 0.1) is 11.3 Å². The molecule has 2 aliphatic rings. The molecule has 59 heavy (non-hydrogen) atoms. The van der Waals surface area contributed by atoms with Gasteiger partial charge in [-0.15, -0.1) is 0 Å². The van der Waals surface area contributed by atoms with Gasteiger partial charge in [0.1, 0.15) is 47.9 Å². The van der Waals surface area contributed by atoms with Crippen LogP contribution in [0.3, 0.4) is 0 Å². The number of likely N-dealkylation sites (tertiary alicyclic amines) is 1. The summed E-state index contributed by atoms with van der Waals surface area (Å²) in [6.45, 7) is 16.6. The lowest BCUT2D eigenvalue weighted by Gasteiger charge is -2.32. The zero-order valence-electron chi connectivity index (χ0n) is 36.0. The van der Waals surface area contributed by atoms with Gasteiger partial charge in [0, 0.05) is 18.8 Å². The Morgan fingerprint density at radius 3 is 2.32 bits per heavy atom. The van der Waals surface area contributed by atoms with Crippen molar-refractivity contribution in [3.63, 3.8) is 0 Å². The number of methoxy groups -OCH3 is 1. The van der Waals surface area contributed by atoms with Crippen molar-refractivity contribution >= 4 is 41.1 Å². The number of alkyl carbamates (subject to hydrolysis) is 1. The fourth-order valence-corrected chi connectivity index (χ4v) is 6.76. The average Bonchev–Trinajstić information content (AvgIpc) is 3.73. The number of ether oxygens (including phenoxy) is 6. The minimum atomic E-state index is -0.900. The molecule has 14 heteroatoms. The molecule has 0 bridgehead atoms. The van der Waals surface area contributed by atoms with Gasteiger partial charge < -0.3 is 33.7 Å². The lowest BCUT2D eigenvalue weighted by atomic mass is 9.86. The van der Waals surface area contributed by atoms with E-state index in [0.29, 0.717) is 28.6 Å². The normalized spacial score (nSPS) is 19.9. The molecule has 1 N–H and O–H groups in total. The molecular formula is C45H60N4O10. The lowest BCUT2D eigenvalue weighted by molar-refractivity contribution is -0.160. The molecule has 1 aliphatic carbocycles. The van der Waals surface area contributed by atoms with E-state index in [4.69, 9.17) is 33.4 Å². The second-order valence-electron chi connectivity index (χ2n) is 18.2. The third-order valence-electron chi connectivity index (χ3n) is 9.73. The number of rotatable bonds is 14. The molecule has 1 aromatic carbocycles. The number of fused-ring (bicyclic) bond motifs is 1. The van der Waals surface area contributed by atoms with Crippen molar-refractivity contribution < 1.29 is 47.6 Å². The number of carbonyl (C=O) groups excluding carboxylic acids is 4. The number of hydrogen-bond donors (Lipinski definition) is 1. The van der Waals surface area contributed by atoms with E-state index in [2.05, 4.69) is 10.3 Å². The first-order chi connectivity index (χ1) is 27.7. The smallest absolute Gasteiger partial charge is 0.411 e. The van der Waals surface area contributed by atoms with Crippen LogP contribution in [0.4, 0.5) is 9.59 Å². The molecule has 5 rings (SSSR count). The van der Waals surface area contributed by atoms with E-state index in [1.54, 1.807) is 60.0 Å². The Morgan fingerprint density at radius 2 is 1.66 bits per heavy atom. The first-order valence-electron chi connectivity index (χ1n) is 20.3. The Labute approximate surface area is 347 Å². The molecule has 0 spiro atoms. The predicted molar refractivity (Wildman–Crippen MR) is 222 cm³/mol. The van der Waals surface area contributed by atoms with Gasteiger partial charge in [0.05, 0.1) is 30.1 Å². The third-order valence-corrected chi connectivity index (χ3v) is 9.73. The van der Waals surface area contributed by atoms with Gasteiger partial charge in [0.15, 0.2) is 0 Å². The maximum Gasteiger partial charge on any atom is 0.411 e. The number of esters is 2. The standard InChI is InChI=1S/C45H60N4O10/c1-43(2,3)37(40(51)58-44(4,5)6)48-41(52)57-35-23-29(35)19-15-12-16-20-31-36(55-27-28-17-13-11-14-18-28)32-25-46-22-21-33(32)47-38(31)56-30-24-34(39(50)54-10)49(26-30)42(53)59-45(7,8)9/h11,13-14,16-18,20-22,25,29-30,34-35,37H,12,15,19,23-24,26-27H2,1-10H3,(H,48,52)/b20-16+/t29-,30-,34+,35-,37-/m1/s1. The molecule has 0 radical (unpaired) electrons. The van der Waals surface area contributed by atoms with Gasteiger partial charge in [0.2, 0.25) is 5.88 Å². The van der Waals surface area contributed by atoms with Gasteiger partial charge in [-0.1, -0.05) is 57.2 Å². The highest BCUT2D eigenvalue weighted by molar-refractivity contribution is 5.90. The molecule has 3 heterocycles. The summed E-state index contributed by atoms with van der Waals surface area (Å²) >= 11 is 0. The molecule has 2 amide bonds. The van der Waals surface area contributed by atoms with Gasteiger partial charge >= 0.3 is 24.1 Å². The summed E-state index contributed by atoms with van der Waals surface area (Å²) in [5.74, 6) is -0.0441. The molecule has 1 saturated heterocycles. The topological polar surface area (TPSA) is 165 Å². The van der Waals surface area contributed by atoms with Crippen LogP contribution in [0.2, 0.25) is 0 Å². The number of amides is 2. The summed E-state index contributed by atoms with van der Waals surface area (Å²) in [6.07, 6.45) is 8.45. The number of carbonyl (C=O) groups is 4. The van der Waals surface area contributed by atoms with Crippen molar-refractivity contribution in [2.75, 3.05) is 13.7 Å². The Hall–Kier alpha value is -5.40. The van der Waals surface area contributed by atoms with E-state index in [9.17, 15) is 19.2 Å². The van der Waals surface area contributed by atoms with Gasteiger partial charge in [-0.3, -0.25) is 9.88 Å². The molecule has 0 unspecified atom stereocenters. The van der Waals surface area contributed by atoms with Gasteiger partial charge in [-0.2, -0.15) is 0 Å². The van der Waals surface area contributed by atoms with Crippen molar-refractivity contribution in [2.45, 2.75) is 137 Å². The van der Waals surface area contributed by atoms with Crippen molar-refractivity contribution in [3.05, 3.63) is 66.0 Å². The van der Waals surface area contributed by atoms with Crippen LogP contribution in [0.15, 0.2) is 54.9 Å². The number of nitrogens with zero attached hydrogens (tertiary/aromatic N) is 3. The summed E-state index contributed by atoms with van der Waals surface area (Å²) in [6, 6.07) is 9.81. The lowest BCUT2D eigenvalue weighted by Crippen LogP contribution is -2.51. The zero-order valence-corrected chi connectivity index (χ0v) is 36.0. The van der Waals surface area contributed by atoms with Gasteiger partial charge in [-0.25, -0.2) is 24.2 Å².